The van der Waals surface area contributed by atoms with Crippen LogP contribution < -0.4 is 11.1 Å². The minimum absolute atomic E-state index is 0.0313. The average molecular weight is 530 g/mol. The fourth-order valence-corrected chi connectivity index (χ4v) is 5.84. The van der Waals surface area contributed by atoms with Gasteiger partial charge in [-0.1, -0.05) is 26.8 Å². The third-order valence-electron chi connectivity index (χ3n) is 7.57. The van der Waals surface area contributed by atoms with Crippen molar-refractivity contribution in [2.75, 3.05) is 26.0 Å². The summed E-state index contributed by atoms with van der Waals surface area (Å²) in [6, 6.07) is 2.27. The zero-order valence-electron chi connectivity index (χ0n) is 22.2. The number of carbonyl (C=O) groups is 3. The van der Waals surface area contributed by atoms with E-state index in [9.17, 15) is 34.8 Å². The SMILES string of the molecule is CN(C)C1C(O)=C(C(N)=O)CC2(O)C(O)=C3C(=O)c4c(ccc(NC(=O)OCC(C)(C)C)c4O)CC3CC12. The van der Waals surface area contributed by atoms with Gasteiger partial charge in [0.15, 0.2) is 11.5 Å². The van der Waals surface area contributed by atoms with Crippen LogP contribution in [0.5, 0.6) is 5.75 Å². The van der Waals surface area contributed by atoms with E-state index in [1.165, 1.54) is 6.07 Å². The molecule has 4 unspecified atom stereocenters. The number of hydrogen-bond donors (Lipinski definition) is 6. The van der Waals surface area contributed by atoms with Gasteiger partial charge in [0.2, 0.25) is 5.91 Å². The van der Waals surface area contributed by atoms with Gasteiger partial charge >= 0.3 is 6.09 Å². The Hall–Kier alpha value is -3.57. The van der Waals surface area contributed by atoms with Gasteiger partial charge in [-0.2, -0.15) is 0 Å². The van der Waals surface area contributed by atoms with Gasteiger partial charge in [0, 0.05) is 17.9 Å². The molecule has 0 heterocycles. The molecule has 0 spiro atoms. The van der Waals surface area contributed by atoms with Crippen LogP contribution in [0, 0.1) is 17.3 Å². The second-order valence-electron chi connectivity index (χ2n) is 11.8. The van der Waals surface area contributed by atoms with Crippen molar-refractivity contribution >= 4 is 23.5 Å². The maximum absolute atomic E-state index is 13.7. The average Bonchev–Trinajstić information content (AvgIpc) is 2.80. The molecule has 38 heavy (non-hydrogen) atoms. The molecular formula is C27H35N3O8. The molecular weight excluding hydrogens is 494 g/mol. The van der Waals surface area contributed by atoms with Crippen molar-refractivity contribution in [1.29, 1.82) is 0 Å². The fourth-order valence-electron chi connectivity index (χ4n) is 5.84. The number of hydrogen-bond acceptors (Lipinski definition) is 9. The molecule has 0 saturated carbocycles. The number of fused-ring (bicyclic) bond motifs is 3. The minimum atomic E-state index is -2.03. The van der Waals surface area contributed by atoms with Crippen LogP contribution in [-0.2, 0) is 16.0 Å². The monoisotopic (exact) mass is 529 g/mol. The van der Waals surface area contributed by atoms with E-state index in [4.69, 9.17) is 10.5 Å². The highest BCUT2D eigenvalue weighted by Gasteiger charge is 2.58. The first kappa shape index (κ1) is 27.5. The fraction of sp³-hybridized carbons (Fsp3) is 0.519. The molecule has 0 fully saturated rings. The number of aliphatic hydroxyl groups excluding tert-OH is 2. The number of Topliss-reactive ketones (excluding diaryl/α,β-unsaturated/α-hetero) is 1. The van der Waals surface area contributed by atoms with Crippen LogP contribution in [-0.4, -0.2) is 75.5 Å². The molecule has 2 amide bonds. The number of phenolic OH excluding ortho intramolecular Hbond substituents is 1. The van der Waals surface area contributed by atoms with Gasteiger partial charge in [0.1, 0.15) is 17.1 Å². The van der Waals surface area contributed by atoms with Gasteiger partial charge in [0.25, 0.3) is 0 Å². The van der Waals surface area contributed by atoms with Gasteiger partial charge in [0.05, 0.1) is 29.5 Å². The van der Waals surface area contributed by atoms with E-state index < -0.39 is 59.2 Å². The lowest BCUT2D eigenvalue weighted by atomic mass is 9.59. The number of rotatable bonds is 4. The number of amides is 2. The Morgan fingerprint density at radius 2 is 1.87 bits per heavy atom. The van der Waals surface area contributed by atoms with Gasteiger partial charge in [-0.15, -0.1) is 0 Å². The van der Waals surface area contributed by atoms with Crippen LogP contribution in [0.15, 0.2) is 34.8 Å². The van der Waals surface area contributed by atoms with E-state index >= 15 is 0 Å². The highest BCUT2D eigenvalue weighted by atomic mass is 16.5. The van der Waals surface area contributed by atoms with Crippen molar-refractivity contribution in [3.05, 3.63) is 45.9 Å². The number of nitrogens with one attached hydrogen (secondary N) is 1. The lowest BCUT2D eigenvalue weighted by molar-refractivity contribution is -0.118. The highest BCUT2D eigenvalue weighted by Crippen LogP contribution is 2.53. The highest BCUT2D eigenvalue weighted by molar-refractivity contribution is 6.14. The second-order valence-corrected chi connectivity index (χ2v) is 11.8. The predicted molar refractivity (Wildman–Crippen MR) is 138 cm³/mol. The number of ether oxygens (including phenoxy) is 1. The summed E-state index contributed by atoms with van der Waals surface area (Å²) in [5, 5.41) is 47.3. The van der Waals surface area contributed by atoms with E-state index in [-0.39, 0.29) is 53.0 Å². The summed E-state index contributed by atoms with van der Waals surface area (Å²) in [7, 11) is 3.34. The van der Waals surface area contributed by atoms with Gasteiger partial charge in [-0.3, -0.25) is 19.8 Å². The first-order valence-electron chi connectivity index (χ1n) is 12.4. The Balaban J connectivity index is 1.73. The number of benzene rings is 1. The number of aliphatic hydroxyl groups is 3. The number of phenols is 1. The molecule has 4 atom stereocenters. The molecule has 7 N–H and O–H groups in total. The van der Waals surface area contributed by atoms with Crippen LogP contribution in [0.25, 0.3) is 0 Å². The Morgan fingerprint density at radius 3 is 2.45 bits per heavy atom. The predicted octanol–water partition coefficient (Wildman–Crippen LogP) is 2.54. The molecule has 0 saturated heterocycles. The molecule has 3 aliphatic carbocycles. The number of anilines is 1. The lowest BCUT2D eigenvalue weighted by Crippen LogP contribution is -2.59. The number of nitrogens with zero attached hydrogens (tertiary/aromatic N) is 1. The van der Waals surface area contributed by atoms with Crippen LogP contribution >= 0.6 is 0 Å². The molecule has 0 aliphatic heterocycles. The largest absolute Gasteiger partial charge is 0.510 e. The van der Waals surface area contributed by atoms with E-state index in [1.54, 1.807) is 25.1 Å². The molecule has 206 valence electrons. The summed E-state index contributed by atoms with van der Waals surface area (Å²) in [5.41, 5.74) is 3.26. The van der Waals surface area contributed by atoms with Gasteiger partial charge < -0.3 is 30.9 Å². The van der Waals surface area contributed by atoms with Crippen LogP contribution in [0.2, 0.25) is 0 Å². The maximum Gasteiger partial charge on any atom is 0.411 e. The topological polar surface area (TPSA) is 183 Å². The number of nitrogens with two attached hydrogens (primary N) is 1. The van der Waals surface area contributed by atoms with Crippen molar-refractivity contribution in [3.8, 4) is 5.75 Å². The summed E-state index contributed by atoms with van der Waals surface area (Å²) in [5.74, 6) is -4.22. The van der Waals surface area contributed by atoms with E-state index in [0.717, 1.165) is 0 Å². The zero-order valence-corrected chi connectivity index (χ0v) is 22.2. The first-order valence-corrected chi connectivity index (χ1v) is 12.4. The van der Waals surface area contributed by atoms with Crippen LogP contribution in [0.3, 0.4) is 0 Å². The lowest BCUT2D eigenvalue weighted by Gasteiger charge is -2.51. The third-order valence-corrected chi connectivity index (χ3v) is 7.57. The van der Waals surface area contributed by atoms with Crippen molar-refractivity contribution in [2.24, 2.45) is 23.0 Å². The molecule has 4 rings (SSSR count). The smallest absolute Gasteiger partial charge is 0.411 e. The van der Waals surface area contributed by atoms with Gasteiger partial charge in [-0.05, 0) is 49.9 Å². The Bertz CT molecular complexity index is 1280. The van der Waals surface area contributed by atoms with Gasteiger partial charge in [-0.25, -0.2) is 4.79 Å². The standard InChI is InChI=1S/C27H35N3O8/c1-26(2,3)11-38-25(36)29-16-7-6-12-8-13-9-15-19(30(4)5)20(31)14(24(28)35)10-27(15,37)23(34)18(13)22(33)17(12)21(16)32/h6-7,13,15,19,31-32,34,37H,8-11H2,1-5H3,(H2,28,35)(H,29,36). The maximum atomic E-state index is 13.7. The van der Waals surface area contributed by atoms with E-state index in [1.807, 2.05) is 20.8 Å². The summed E-state index contributed by atoms with van der Waals surface area (Å²) in [6.07, 6.45) is -0.767. The summed E-state index contributed by atoms with van der Waals surface area (Å²) < 4.78 is 5.18. The quantitative estimate of drug-likeness (QED) is 0.319. The molecule has 11 nitrogen and oxygen atoms in total. The van der Waals surface area contributed by atoms with E-state index in [2.05, 4.69) is 5.32 Å². The van der Waals surface area contributed by atoms with Crippen LogP contribution in [0.4, 0.5) is 10.5 Å². The molecule has 1 aromatic carbocycles. The molecule has 0 aromatic heterocycles. The van der Waals surface area contributed by atoms with Crippen LogP contribution in [0.1, 0.15) is 49.5 Å². The van der Waals surface area contributed by atoms with Crippen molar-refractivity contribution in [1.82, 2.24) is 4.90 Å². The Kier molecular flexibility index (Phi) is 6.73. The van der Waals surface area contributed by atoms with Crippen molar-refractivity contribution < 1.29 is 39.5 Å². The number of primary amides is 1. The summed E-state index contributed by atoms with van der Waals surface area (Å²) in [6.45, 7) is 5.82. The minimum Gasteiger partial charge on any atom is -0.510 e. The third kappa shape index (κ3) is 4.49. The Morgan fingerprint density at radius 1 is 1.21 bits per heavy atom. The molecule has 0 bridgehead atoms. The molecule has 1 aromatic rings. The van der Waals surface area contributed by atoms with E-state index in [0.29, 0.717) is 5.56 Å². The number of allylic oxidation sites excluding steroid dienone is 1. The van der Waals surface area contributed by atoms with Crippen molar-refractivity contribution in [2.45, 2.75) is 51.7 Å². The second kappa shape index (κ2) is 9.32. The number of carbonyl (C=O) groups excluding carboxylic acids is 3. The molecule has 0 radical (unpaired) electrons. The number of aromatic hydroxyl groups is 1. The van der Waals surface area contributed by atoms with Crippen molar-refractivity contribution in [3.63, 3.8) is 0 Å². The molecule has 11 heteroatoms. The normalized spacial score (nSPS) is 27.0. The first-order chi connectivity index (χ1) is 17.6. The zero-order chi connectivity index (χ0) is 28.3. The molecule has 3 aliphatic rings. The summed E-state index contributed by atoms with van der Waals surface area (Å²) in [4.78, 5) is 39.7. The number of ketones is 1. The number of likely N-dealkylation sites (N-methyl/N-ethyl adjacent to an activating group) is 1. The summed E-state index contributed by atoms with van der Waals surface area (Å²) >= 11 is 0. The Labute approximate surface area is 220 Å².